The van der Waals surface area contributed by atoms with E-state index in [1.807, 2.05) is 11.8 Å². The molecule has 5 heteroatoms. The molecule has 2 saturated heterocycles. The Bertz CT molecular complexity index is 384. The molecule has 0 radical (unpaired) electrons. The molecular formula is C19H37N3O2. The summed E-state index contributed by atoms with van der Waals surface area (Å²) in [6.45, 7) is 13.3. The molecule has 0 saturated carbocycles. The van der Waals surface area contributed by atoms with Crippen LogP contribution < -0.4 is 5.32 Å². The third kappa shape index (κ3) is 5.35. The molecule has 2 fully saturated rings. The molecule has 24 heavy (non-hydrogen) atoms. The van der Waals surface area contributed by atoms with Gasteiger partial charge in [-0.25, -0.2) is 4.79 Å². The summed E-state index contributed by atoms with van der Waals surface area (Å²) in [6, 6.07) is 0.492. The van der Waals surface area contributed by atoms with Crippen molar-refractivity contribution < 1.29 is 9.90 Å². The van der Waals surface area contributed by atoms with Crippen LogP contribution >= 0.6 is 0 Å². The molecule has 0 aliphatic carbocycles. The Morgan fingerprint density at radius 2 is 1.67 bits per heavy atom. The number of urea groups is 1. The zero-order valence-electron chi connectivity index (χ0n) is 16.0. The van der Waals surface area contributed by atoms with Gasteiger partial charge in [-0.2, -0.15) is 0 Å². The van der Waals surface area contributed by atoms with Gasteiger partial charge in [0.2, 0.25) is 0 Å². The Morgan fingerprint density at radius 1 is 1.08 bits per heavy atom. The van der Waals surface area contributed by atoms with E-state index in [9.17, 15) is 9.90 Å². The number of hydrogen-bond acceptors (Lipinski definition) is 3. The normalized spacial score (nSPS) is 24.2. The lowest BCUT2D eigenvalue weighted by atomic mass is 9.92. The van der Waals surface area contributed by atoms with Gasteiger partial charge in [-0.05, 0) is 63.5 Å². The van der Waals surface area contributed by atoms with E-state index in [4.69, 9.17) is 0 Å². The fourth-order valence-electron chi connectivity index (χ4n) is 4.04. The standard InChI is InChI=1S/C19H37N3O2/c1-14(2)18(21-9-5-15(3)6-10-21)13-20-19(24)22-11-7-17(8-12-22)16(4)23/h14-18,23H,5-13H2,1-4H3,(H,20,24). The predicted molar refractivity (Wildman–Crippen MR) is 98.0 cm³/mol. The molecule has 0 aromatic carbocycles. The highest BCUT2D eigenvalue weighted by Crippen LogP contribution is 2.22. The molecule has 5 nitrogen and oxygen atoms in total. The average molecular weight is 340 g/mol. The van der Waals surface area contributed by atoms with Crippen LogP contribution in [0.15, 0.2) is 0 Å². The Kier molecular flexibility index (Phi) is 7.35. The lowest BCUT2D eigenvalue weighted by Gasteiger charge is -2.39. The molecule has 2 rings (SSSR count). The van der Waals surface area contributed by atoms with E-state index in [0.717, 1.165) is 51.5 Å². The van der Waals surface area contributed by atoms with Crippen LogP contribution in [0.2, 0.25) is 0 Å². The fraction of sp³-hybridized carbons (Fsp3) is 0.947. The van der Waals surface area contributed by atoms with Crippen LogP contribution in [0.4, 0.5) is 4.79 Å². The highest BCUT2D eigenvalue weighted by atomic mass is 16.3. The van der Waals surface area contributed by atoms with Crippen LogP contribution in [-0.2, 0) is 0 Å². The lowest BCUT2D eigenvalue weighted by Crippen LogP contribution is -2.52. The van der Waals surface area contributed by atoms with Crippen molar-refractivity contribution in [1.29, 1.82) is 0 Å². The molecule has 0 bridgehead atoms. The second-order valence-electron chi connectivity index (χ2n) is 8.28. The summed E-state index contributed by atoms with van der Waals surface area (Å²) in [7, 11) is 0. The molecule has 0 aromatic heterocycles. The van der Waals surface area contributed by atoms with Crippen molar-refractivity contribution in [1.82, 2.24) is 15.1 Å². The van der Waals surface area contributed by atoms with E-state index in [-0.39, 0.29) is 12.1 Å². The van der Waals surface area contributed by atoms with Gasteiger partial charge in [0.15, 0.2) is 0 Å². The molecule has 2 atom stereocenters. The summed E-state index contributed by atoms with van der Waals surface area (Å²) in [5.74, 6) is 1.71. The smallest absolute Gasteiger partial charge is 0.317 e. The quantitative estimate of drug-likeness (QED) is 0.809. The summed E-state index contributed by atoms with van der Waals surface area (Å²) in [5.41, 5.74) is 0. The zero-order valence-corrected chi connectivity index (χ0v) is 16.0. The van der Waals surface area contributed by atoms with E-state index in [0.29, 0.717) is 17.9 Å². The molecule has 0 aromatic rings. The fourth-order valence-corrected chi connectivity index (χ4v) is 4.04. The maximum Gasteiger partial charge on any atom is 0.317 e. The van der Waals surface area contributed by atoms with Gasteiger partial charge in [0, 0.05) is 25.7 Å². The van der Waals surface area contributed by atoms with Gasteiger partial charge in [0.05, 0.1) is 6.10 Å². The number of nitrogens with one attached hydrogen (secondary N) is 1. The number of likely N-dealkylation sites (tertiary alicyclic amines) is 2. The number of aliphatic hydroxyl groups excluding tert-OH is 1. The Morgan fingerprint density at radius 3 is 2.17 bits per heavy atom. The molecule has 2 unspecified atom stereocenters. The highest BCUT2D eigenvalue weighted by molar-refractivity contribution is 5.74. The number of nitrogens with zero attached hydrogens (tertiary/aromatic N) is 2. The van der Waals surface area contributed by atoms with Crippen molar-refractivity contribution in [3.63, 3.8) is 0 Å². The van der Waals surface area contributed by atoms with Crippen molar-refractivity contribution in [2.75, 3.05) is 32.7 Å². The van der Waals surface area contributed by atoms with Crippen LogP contribution in [0.5, 0.6) is 0 Å². The van der Waals surface area contributed by atoms with Crippen LogP contribution in [0, 0.1) is 17.8 Å². The van der Waals surface area contributed by atoms with E-state index >= 15 is 0 Å². The maximum atomic E-state index is 12.5. The van der Waals surface area contributed by atoms with Gasteiger partial charge >= 0.3 is 6.03 Å². The first-order valence-electron chi connectivity index (χ1n) is 9.83. The van der Waals surface area contributed by atoms with E-state index in [1.165, 1.54) is 12.8 Å². The third-order valence-electron chi connectivity index (χ3n) is 6.03. The first-order chi connectivity index (χ1) is 11.4. The molecule has 2 aliphatic rings. The maximum absolute atomic E-state index is 12.5. The minimum Gasteiger partial charge on any atom is -0.393 e. The average Bonchev–Trinajstić information content (AvgIpc) is 2.56. The van der Waals surface area contributed by atoms with E-state index in [1.54, 1.807) is 0 Å². The van der Waals surface area contributed by atoms with Crippen molar-refractivity contribution in [2.45, 2.75) is 65.5 Å². The van der Waals surface area contributed by atoms with Crippen molar-refractivity contribution in [2.24, 2.45) is 17.8 Å². The second-order valence-corrected chi connectivity index (χ2v) is 8.28. The summed E-state index contributed by atoms with van der Waals surface area (Å²) in [4.78, 5) is 16.9. The number of piperidine rings is 2. The van der Waals surface area contributed by atoms with Gasteiger partial charge in [-0.1, -0.05) is 20.8 Å². The van der Waals surface area contributed by atoms with Gasteiger partial charge in [-0.3, -0.25) is 4.90 Å². The largest absolute Gasteiger partial charge is 0.393 e. The second kappa shape index (κ2) is 9.04. The number of aliphatic hydroxyl groups is 1. The first kappa shape index (κ1) is 19.5. The highest BCUT2D eigenvalue weighted by Gasteiger charge is 2.28. The monoisotopic (exact) mass is 339 g/mol. The van der Waals surface area contributed by atoms with Gasteiger partial charge in [0.25, 0.3) is 0 Å². The zero-order chi connectivity index (χ0) is 17.7. The molecular weight excluding hydrogens is 302 g/mol. The van der Waals surface area contributed by atoms with Crippen molar-refractivity contribution >= 4 is 6.03 Å². The van der Waals surface area contributed by atoms with Crippen LogP contribution in [0.25, 0.3) is 0 Å². The van der Waals surface area contributed by atoms with Gasteiger partial charge < -0.3 is 15.3 Å². The van der Waals surface area contributed by atoms with Crippen molar-refractivity contribution in [3.8, 4) is 0 Å². The molecule has 0 spiro atoms. The Balaban J connectivity index is 1.78. The van der Waals surface area contributed by atoms with Crippen LogP contribution in [0.1, 0.15) is 53.4 Å². The summed E-state index contributed by atoms with van der Waals surface area (Å²) in [5, 5.41) is 12.8. The number of hydrogen-bond donors (Lipinski definition) is 2. The molecule has 2 amide bonds. The number of amides is 2. The molecule has 2 N–H and O–H groups in total. The van der Waals surface area contributed by atoms with Crippen LogP contribution in [0.3, 0.4) is 0 Å². The Labute approximate surface area is 147 Å². The van der Waals surface area contributed by atoms with E-state index < -0.39 is 0 Å². The number of carbonyl (C=O) groups excluding carboxylic acids is 1. The number of carbonyl (C=O) groups is 1. The van der Waals surface area contributed by atoms with Crippen molar-refractivity contribution in [3.05, 3.63) is 0 Å². The molecule has 2 heterocycles. The molecule has 140 valence electrons. The Hall–Kier alpha value is -0.810. The lowest BCUT2D eigenvalue weighted by molar-refractivity contribution is 0.0775. The third-order valence-corrected chi connectivity index (χ3v) is 6.03. The topological polar surface area (TPSA) is 55.8 Å². The SMILES string of the molecule is CC1CCN(C(CNC(=O)N2CCC(C(C)O)CC2)C(C)C)CC1. The summed E-state index contributed by atoms with van der Waals surface area (Å²) >= 11 is 0. The first-order valence-corrected chi connectivity index (χ1v) is 9.83. The number of rotatable bonds is 5. The molecule has 2 aliphatic heterocycles. The predicted octanol–water partition coefficient (Wildman–Crippen LogP) is 2.55. The minimum absolute atomic E-state index is 0.0649. The summed E-state index contributed by atoms with van der Waals surface area (Å²) < 4.78 is 0. The minimum atomic E-state index is -0.262. The van der Waals surface area contributed by atoms with E-state index in [2.05, 4.69) is 31.0 Å². The van der Waals surface area contributed by atoms with Gasteiger partial charge in [0.1, 0.15) is 0 Å². The summed E-state index contributed by atoms with van der Waals surface area (Å²) in [6.07, 6.45) is 4.08. The van der Waals surface area contributed by atoms with Crippen LogP contribution in [-0.4, -0.2) is 65.8 Å². The van der Waals surface area contributed by atoms with Gasteiger partial charge in [-0.15, -0.1) is 0 Å².